The topological polar surface area (TPSA) is 68.5 Å². The van der Waals surface area contributed by atoms with Gasteiger partial charge in [0.1, 0.15) is 5.58 Å². The maximum Gasteiger partial charge on any atom is 0.262 e. The van der Waals surface area contributed by atoms with Gasteiger partial charge in [-0.1, -0.05) is 68.2 Å². The summed E-state index contributed by atoms with van der Waals surface area (Å²) in [6, 6.07) is 17.7. The number of nitrogens with one attached hydrogen (secondary N) is 1. The molecule has 0 saturated carbocycles. The van der Waals surface area contributed by atoms with Crippen LogP contribution in [0.15, 0.2) is 69.9 Å². The summed E-state index contributed by atoms with van der Waals surface area (Å²) in [5.41, 5.74) is 3.16. The van der Waals surface area contributed by atoms with E-state index in [9.17, 15) is 9.59 Å². The summed E-state index contributed by atoms with van der Waals surface area (Å²) in [5.74, 6) is -0.220. The molecule has 4 aromatic rings. The Morgan fingerprint density at radius 2 is 1.63 bits per heavy atom. The van der Waals surface area contributed by atoms with Gasteiger partial charge in [-0.3, -0.25) is 9.59 Å². The second-order valence-electron chi connectivity index (χ2n) is 9.35. The molecule has 0 spiro atoms. The Balaban J connectivity index is 1.70. The molecule has 0 fully saturated rings. The fourth-order valence-electron chi connectivity index (χ4n) is 3.68. The van der Waals surface area contributed by atoms with Crippen molar-refractivity contribution in [2.24, 2.45) is 0 Å². The van der Waals surface area contributed by atoms with Gasteiger partial charge in [-0.25, -0.2) is 0 Å². The lowest BCUT2D eigenvalue weighted by atomic mass is 9.86. The van der Waals surface area contributed by atoms with Gasteiger partial charge in [-0.2, -0.15) is 0 Å². The molecule has 1 aromatic heterocycles. The van der Waals surface area contributed by atoms with E-state index in [1.54, 1.807) is 30.3 Å². The van der Waals surface area contributed by atoms with Crippen molar-refractivity contribution in [1.29, 1.82) is 0 Å². The van der Waals surface area contributed by atoms with Crippen LogP contribution in [-0.2, 0) is 10.2 Å². The van der Waals surface area contributed by atoms with Crippen molar-refractivity contribution >= 4 is 45.8 Å². The van der Waals surface area contributed by atoms with Crippen LogP contribution in [0.1, 0.15) is 31.9 Å². The number of carbonyl (C=O) groups excluding carboxylic acids is 1. The molecule has 0 aliphatic carbocycles. The number of benzene rings is 3. The van der Waals surface area contributed by atoms with Gasteiger partial charge < -0.3 is 14.5 Å². The van der Waals surface area contributed by atoms with E-state index in [2.05, 4.69) is 26.1 Å². The molecule has 0 aliphatic rings. The van der Waals surface area contributed by atoms with Gasteiger partial charge in [-0.15, -0.1) is 0 Å². The smallest absolute Gasteiger partial charge is 0.262 e. The summed E-state index contributed by atoms with van der Waals surface area (Å²) in [7, 11) is 0. The fraction of sp³-hybridized carbons (Fsp3) is 0.214. The molecule has 1 amide bonds. The van der Waals surface area contributed by atoms with E-state index in [0.717, 1.165) is 11.1 Å². The highest BCUT2D eigenvalue weighted by Gasteiger charge is 2.21. The highest BCUT2D eigenvalue weighted by atomic mass is 35.5. The second kappa shape index (κ2) is 9.76. The monoisotopic (exact) mass is 509 g/mol. The molecule has 3 aromatic carbocycles. The summed E-state index contributed by atoms with van der Waals surface area (Å²) >= 11 is 12.1. The Morgan fingerprint density at radius 3 is 2.29 bits per heavy atom. The maximum absolute atomic E-state index is 13.4. The van der Waals surface area contributed by atoms with Crippen LogP contribution in [0.2, 0.25) is 10.0 Å². The van der Waals surface area contributed by atoms with E-state index in [-0.39, 0.29) is 28.9 Å². The molecule has 1 heterocycles. The van der Waals surface area contributed by atoms with Crippen LogP contribution < -0.4 is 15.5 Å². The normalized spacial score (nSPS) is 11.5. The first kappa shape index (κ1) is 24.8. The molecule has 1 N–H and O–H groups in total. The van der Waals surface area contributed by atoms with Gasteiger partial charge in [0.2, 0.25) is 11.2 Å². The third-order valence-corrected chi connectivity index (χ3v) is 6.10. The first-order valence-electron chi connectivity index (χ1n) is 11.1. The van der Waals surface area contributed by atoms with Gasteiger partial charge in [0.05, 0.1) is 5.39 Å². The van der Waals surface area contributed by atoms with Crippen LogP contribution in [-0.4, -0.2) is 12.5 Å². The SMILES string of the molecule is Cc1cc(Cl)ccc1NC(=O)COc1c(-c2ccc(C(C)(C)C)cc2)oc2ccc(Cl)cc2c1=O. The summed E-state index contributed by atoms with van der Waals surface area (Å²) in [6.45, 7) is 7.82. The molecular weight excluding hydrogens is 485 g/mol. The number of ether oxygens (including phenoxy) is 1. The molecular formula is C28H25Cl2NO4. The van der Waals surface area contributed by atoms with E-state index >= 15 is 0 Å². The zero-order valence-electron chi connectivity index (χ0n) is 19.9. The minimum atomic E-state index is -0.421. The van der Waals surface area contributed by atoms with Crippen molar-refractivity contribution < 1.29 is 13.9 Å². The fourth-order valence-corrected chi connectivity index (χ4v) is 4.08. The Bertz CT molecular complexity index is 1470. The third-order valence-electron chi connectivity index (χ3n) is 5.63. The predicted molar refractivity (Wildman–Crippen MR) is 142 cm³/mol. The minimum absolute atomic E-state index is 0.0310. The van der Waals surface area contributed by atoms with Crippen molar-refractivity contribution in [2.75, 3.05) is 11.9 Å². The quantitative estimate of drug-likeness (QED) is 0.304. The summed E-state index contributed by atoms with van der Waals surface area (Å²) in [5, 5.41) is 4.03. The number of aryl methyl sites for hydroxylation is 1. The lowest BCUT2D eigenvalue weighted by Gasteiger charge is -2.19. The number of hydrogen-bond acceptors (Lipinski definition) is 4. The number of halogens is 2. The molecule has 0 aliphatic heterocycles. The predicted octanol–water partition coefficient (Wildman–Crippen LogP) is 7.39. The Labute approximate surface area is 213 Å². The van der Waals surface area contributed by atoms with E-state index in [1.807, 2.05) is 31.2 Å². The maximum atomic E-state index is 13.4. The molecule has 0 atom stereocenters. The number of amides is 1. The average molecular weight is 510 g/mol. The molecule has 5 nitrogen and oxygen atoms in total. The molecule has 0 bridgehead atoms. The standard InChI is InChI=1S/C28H25Cl2NO4/c1-16-13-19(29)9-11-22(16)31-24(32)15-34-27-25(33)21-14-20(30)10-12-23(21)35-26(27)17-5-7-18(8-6-17)28(2,3)4/h5-14H,15H2,1-4H3,(H,31,32). The molecule has 35 heavy (non-hydrogen) atoms. The Morgan fingerprint density at radius 1 is 0.971 bits per heavy atom. The number of carbonyl (C=O) groups is 1. The van der Waals surface area contributed by atoms with Gasteiger partial charge in [0.15, 0.2) is 12.4 Å². The van der Waals surface area contributed by atoms with Crippen LogP contribution in [0.3, 0.4) is 0 Å². The molecule has 0 radical (unpaired) electrons. The van der Waals surface area contributed by atoms with Crippen LogP contribution in [0.5, 0.6) is 5.75 Å². The highest BCUT2D eigenvalue weighted by molar-refractivity contribution is 6.31. The molecule has 180 valence electrons. The second-order valence-corrected chi connectivity index (χ2v) is 10.2. The van der Waals surface area contributed by atoms with Crippen molar-refractivity contribution in [2.45, 2.75) is 33.1 Å². The average Bonchev–Trinajstić information content (AvgIpc) is 2.80. The number of anilines is 1. The van der Waals surface area contributed by atoms with Crippen LogP contribution in [0.4, 0.5) is 5.69 Å². The van der Waals surface area contributed by atoms with Crippen molar-refractivity contribution in [3.05, 3.63) is 92.1 Å². The van der Waals surface area contributed by atoms with Crippen molar-refractivity contribution in [1.82, 2.24) is 0 Å². The number of hydrogen-bond donors (Lipinski definition) is 1. The first-order chi connectivity index (χ1) is 16.5. The molecule has 4 rings (SSSR count). The van der Waals surface area contributed by atoms with Crippen LogP contribution >= 0.6 is 23.2 Å². The molecule has 0 unspecified atom stereocenters. The van der Waals surface area contributed by atoms with Crippen molar-refractivity contribution in [3.63, 3.8) is 0 Å². The number of fused-ring (bicyclic) bond motifs is 1. The number of rotatable bonds is 5. The highest BCUT2D eigenvalue weighted by Crippen LogP contribution is 2.33. The van der Waals surface area contributed by atoms with Gasteiger partial charge >= 0.3 is 0 Å². The van der Waals surface area contributed by atoms with Crippen molar-refractivity contribution in [3.8, 4) is 17.1 Å². The largest absolute Gasteiger partial charge is 0.476 e. The zero-order chi connectivity index (χ0) is 25.3. The van der Waals surface area contributed by atoms with E-state index < -0.39 is 11.3 Å². The van der Waals surface area contributed by atoms with Gasteiger partial charge in [0.25, 0.3) is 5.91 Å². The van der Waals surface area contributed by atoms with Crippen LogP contribution in [0, 0.1) is 6.92 Å². The lowest BCUT2D eigenvalue weighted by molar-refractivity contribution is -0.118. The van der Waals surface area contributed by atoms with Crippen LogP contribution in [0.25, 0.3) is 22.3 Å². The molecule has 7 heteroatoms. The van der Waals surface area contributed by atoms with Gasteiger partial charge in [0, 0.05) is 21.3 Å². The summed E-state index contributed by atoms with van der Waals surface area (Å²) in [6.07, 6.45) is 0. The van der Waals surface area contributed by atoms with E-state index in [0.29, 0.717) is 26.9 Å². The zero-order valence-corrected chi connectivity index (χ0v) is 21.4. The Hall–Kier alpha value is -3.28. The van der Waals surface area contributed by atoms with E-state index in [4.69, 9.17) is 32.4 Å². The first-order valence-corrected chi connectivity index (χ1v) is 11.8. The van der Waals surface area contributed by atoms with Gasteiger partial charge in [-0.05, 0) is 59.9 Å². The van der Waals surface area contributed by atoms with E-state index in [1.165, 1.54) is 6.07 Å². The lowest BCUT2D eigenvalue weighted by Crippen LogP contribution is -2.23. The Kier molecular flexibility index (Phi) is 6.93. The summed E-state index contributed by atoms with van der Waals surface area (Å²) < 4.78 is 11.9. The third kappa shape index (κ3) is 5.53. The molecule has 0 saturated heterocycles. The summed E-state index contributed by atoms with van der Waals surface area (Å²) in [4.78, 5) is 26.0. The minimum Gasteiger partial charge on any atom is -0.476 e.